The number of ether oxygens (including phenoxy) is 1. The van der Waals surface area contributed by atoms with Crippen molar-refractivity contribution in [3.8, 4) is 0 Å². The largest absolute Gasteiger partial charge is 0.462 e. The lowest BCUT2D eigenvalue weighted by atomic mass is 9.70. The maximum atomic E-state index is 11.4. The first kappa shape index (κ1) is 11.0. The van der Waals surface area contributed by atoms with Crippen LogP contribution in [-0.2, 0) is 9.53 Å². The maximum Gasteiger partial charge on any atom is 0.305 e. The molecule has 0 heterocycles. The lowest BCUT2D eigenvalue weighted by Crippen LogP contribution is -2.38. The first-order valence-corrected chi connectivity index (χ1v) is 6.11. The molecule has 0 aromatic carbocycles. The number of carbonyl (C=O) groups excluding carboxylic acids is 1. The molecule has 86 valence electrons. The summed E-state index contributed by atoms with van der Waals surface area (Å²) >= 11 is 0. The highest BCUT2D eigenvalue weighted by Crippen LogP contribution is 2.66. The fourth-order valence-corrected chi connectivity index (χ4v) is 3.55. The van der Waals surface area contributed by atoms with Crippen LogP contribution in [0.4, 0.5) is 0 Å². The van der Waals surface area contributed by atoms with Crippen molar-refractivity contribution >= 4 is 5.97 Å². The van der Waals surface area contributed by atoms with Gasteiger partial charge in [-0.25, -0.2) is 0 Å². The van der Waals surface area contributed by atoms with Gasteiger partial charge >= 0.3 is 5.97 Å². The molecule has 3 atom stereocenters. The maximum absolute atomic E-state index is 11.4. The standard InChI is InChI=1S/C13H22O2/c1-5-11(14)15-10-8-9-6-7-13(10,4)12(9,2)3/h9-10H,5-8H2,1-4H3/t9?,10-,13?/m0/s1. The summed E-state index contributed by atoms with van der Waals surface area (Å²) < 4.78 is 5.59. The molecular weight excluding hydrogens is 188 g/mol. The Hall–Kier alpha value is -0.530. The lowest BCUT2D eigenvalue weighted by molar-refractivity contribution is -0.156. The van der Waals surface area contributed by atoms with Crippen LogP contribution in [0.15, 0.2) is 0 Å². The molecule has 0 saturated heterocycles. The Labute approximate surface area is 92.4 Å². The molecule has 0 spiro atoms. The highest BCUT2D eigenvalue weighted by Gasteiger charge is 2.62. The lowest BCUT2D eigenvalue weighted by Gasteiger charge is -2.38. The Balaban J connectivity index is 2.15. The number of hydrogen-bond donors (Lipinski definition) is 0. The van der Waals surface area contributed by atoms with Crippen LogP contribution in [-0.4, -0.2) is 12.1 Å². The fraction of sp³-hybridized carbons (Fsp3) is 0.923. The summed E-state index contributed by atoms with van der Waals surface area (Å²) in [5, 5.41) is 0. The van der Waals surface area contributed by atoms with Gasteiger partial charge in [-0.2, -0.15) is 0 Å². The third-order valence-electron chi connectivity index (χ3n) is 5.28. The normalized spacial score (nSPS) is 41.9. The summed E-state index contributed by atoms with van der Waals surface area (Å²) in [6.45, 7) is 8.84. The van der Waals surface area contributed by atoms with Gasteiger partial charge in [0.15, 0.2) is 0 Å². The van der Waals surface area contributed by atoms with Gasteiger partial charge in [-0.15, -0.1) is 0 Å². The summed E-state index contributed by atoms with van der Waals surface area (Å²) in [5.41, 5.74) is 0.550. The Morgan fingerprint density at radius 3 is 2.47 bits per heavy atom. The summed E-state index contributed by atoms with van der Waals surface area (Å²) in [4.78, 5) is 11.4. The molecule has 15 heavy (non-hydrogen) atoms. The van der Waals surface area contributed by atoms with Gasteiger partial charge in [0.05, 0.1) is 0 Å². The van der Waals surface area contributed by atoms with E-state index in [9.17, 15) is 4.79 Å². The molecule has 2 unspecified atom stereocenters. The Morgan fingerprint density at radius 1 is 1.40 bits per heavy atom. The second-order valence-corrected chi connectivity index (χ2v) is 5.94. The van der Waals surface area contributed by atoms with Crippen LogP contribution in [0, 0.1) is 16.7 Å². The van der Waals surface area contributed by atoms with Crippen LogP contribution < -0.4 is 0 Å². The van der Waals surface area contributed by atoms with E-state index in [0.29, 0.717) is 11.8 Å². The van der Waals surface area contributed by atoms with Gasteiger partial charge in [0.25, 0.3) is 0 Å². The molecule has 2 aliphatic carbocycles. The molecule has 2 fully saturated rings. The first-order valence-electron chi connectivity index (χ1n) is 6.11. The molecule has 2 rings (SSSR count). The average molecular weight is 210 g/mol. The monoisotopic (exact) mass is 210 g/mol. The van der Waals surface area contributed by atoms with E-state index in [4.69, 9.17) is 4.74 Å². The predicted octanol–water partition coefficient (Wildman–Crippen LogP) is 3.15. The molecule has 0 aromatic rings. The van der Waals surface area contributed by atoms with Gasteiger partial charge in [-0.05, 0) is 30.6 Å². The zero-order valence-corrected chi connectivity index (χ0v) is 10.3. The topological polar surface area (TPSA) is 26.3 Å². The molecule has 0 aliphatic heterocycles. The van der Waals surface area contributed by atoms with Crippen molar-refractivity contribution < 1.29 is 9.53 Å². The SMILES string of the molecule is CCC(=O)O[C@H]1CC2CCC1(C)C2(C)C. The second kappa shape index (κ2) is 3.23. The third-order valence-corrected chi connectivity index (χ3v) is 5.28. The second-order valence-electron chi connectivity index (χ2n) is 5.94. The number of esters is 1. The zero-order valence-electron chi connectivity index (χ0n) is 10.3. The van der Waals surface area contributed by atoms with Gasteiger partial charge in [0.1, 0.15) is 6.10 Å². The molecule has 0 N–H and O–H groups in total. The van der Waals surface area contributed by atoms with Crippen molar-refractivity contribution in [2.45, 2.75) is 59.5 Å². The van der Waals surface area contributed by atoms with E-state index in [1.54, 1.807) is 0 Å². The predicted molar refractivity (Wildman–Crippen MR) is 59.4 cm³/mol. The molecule has 2 saturated carbocycles. The van der Waals surface area contributed by atoms with Gasteiger partial charge in [-0.1, -0.05) is 27.7 Å². The van der Waals surface area contributed by atoms with E-state index in [-0.39, 0.29) is 17.5 Å². The smallest absolute Gasteiger partial charge is 0.305 e. The number of rotatable bonds is 2. The molecule has 2 nitrogen and oxygen atoms in total. The van der Waals surface area contributed by atoms with Crippen molar-refractivity contribution in [3.05, 3.63) is 0 Å². The highest BCUT2D eigenvalue weighted by molar-refractivity contribution is 5.69. The van der Waals surface area contributed by atoms with Crippen LogP contribution in [0.1, 0.15) is 53.4 Å². The van der Waals surface area contributed by atoms with Gasteiger partial charge in [-0.3, -0.25) is 4.79 Å². The molecular formula is C13H22O2. The summed E-state index contributed by atoms with van der Waals surface area (Å²) in [7, 11) is 0. The molecule has 2 heteroatoms. The quantitative estimate of drug-likeness (QED) is 0.654. The van der Waals surface area contributed by atoms with Crippen molar-refractivity contribution in [1.82, 2.24) is 0 Å². The summed E-state index contributed by atoms with van der Waals surface area (Å²) in [6, 6.07) is 0. The van der Waals surface area contributed by atoms with E-state index in [2.05, 4.69) is 20.8 Å². The molecule has 2 aliphatic rings. The molecule has 0 aromatic heterocycles. The van der Waals surface area contributed by atoms with E-state index in [1.165, 1.54) is 12.8 Å². The van der Waals surface area contributed by atoms with Crippen molar-refractivity contribution in [2.75, 3.05) is 0 Å². The van der Waals surface area contributed by atoms with Crippen LogP contribution >= 0.6 is 0 Å². The van der Waals surface area contributed by atoms with E-state index in [0.717, 1.165) is 12.3 Å². The summed E-state index contributed by atoms with van der Waals surface area (Å²) in [5.74, 6) is 0.710. The van der Waals surface area contributed by atoms with Gasteiger partial charge in [0.2, 0.25) is 0 Å². The average Bonchev–Trinajstić information content (AvgIpc) is 2.50. The Kier molecular flexibility index (Phi) is 2.36. The number of carbonyl (C=O) groups is 1. The third kappa shape index (κ3) is 1.33. The van der Waals surface area contributed by atoms with E-state index < -0.39 is 0 Å². The highest BCUT2D eigenvalue weighted by atomic mass is 16.5. The number of fused-ring (bicyclic) bond motifs is 2. The molecule has 0 radical (unpaired) electrons. The minimum Gasteiger partial charge on any atom is -0.462 e. The Bertz CT molecular complexity index is 282. The van der Waals surface area contributed by atoms with Crippen molar-refractivity contribution in [1.29, 1.82) is 0 Å². The minimum absolute atomic E-state index is 0.0374. The van der Waals surface area contributed by atoms with Gasteiger partial charge in [0, 0.05) is 11.8 Å². The fourth-order valence-electron chi connectivity index (χ4n) is 3.55. The minimum atomic E-state index is -0.0374. The molecule has 0 amide bonds. The van der Waals surface area contributed by atoms with Crippen LogP contribution in [0.25, 0.3) is 0 Å². The molecule has 2 bridgehead atoms. The Morgan fingerprint density at radius 2 is 2.07 bits per heavy atom. The van der Waals surface area contributed by atoms with E-state index >= 15 is 0 Å². The van der Waals surface area contributed by atoms with Crippen molar-refractivity contribution in [3.63, 3.8) is 0 Å². The van der Waals surface area contributed by atoms with Crippen LogP contribution in [0.5, 0.6) is 0 Å². The first-order chi connectivity index (χ1) is 6.91. The van der Waals surface area contributed by atoms with Crippen molar-refractivity contribution in [2.24, 2.45) is 16.7 Å². The summed E-state index contributed by atoms with van der Waals surface area (Å²) in [6.07, 6.45) is 4.27. The van der Waals surface area contributed by atoms with Gasteiger partial charge < -0.3 is 4.74 Å². The number of hydrogen-bond acceptors (Lipinski definition) is 2. The zero-order chi connectivity index (χ0) is 11.3. The van der Waals surface area contributed by atoms with Crippen LogP contribution in [0.3, 0.4) is 0 Å². The van der Waals surface area contributed by atoms with E-state index in [1.807, 2.05) is 6.92 Å². The van der Waals surface area contributed by atoms with Crippen LogP contribution in [0.2, 0.25) is 0 Å².